The highest BCUT2D eigenvalue weighted by Crippen LogP contribution is 2.40. The molecule has 20 heteroatoms. The highest BCUT2D eigenvalue weighted by molar-refractivity contribution is 7.99. The van der Waals surface area contributed by atoms with E-state index in [1.165, 1.54) is 36.1 Å². The van der Waals surface area contributed by atoms with Crippen LogP contribution in [0.3, 0.4) is 0 Å². The zero-order valence-electron chi connectivity index (χ0n) is 27.5. The van der Waals surface area contributed by atoms with Gasteiger partial charge in [-0.05, 0) is 61.5 Å². The van der Waals surface area contributed by atoms with Crippen LogP contribution < -0.4 is 5.48 Å². The Bertz CT molecular complexity index is 2450. The van der Waals surface area contributed by atoms with Gasteiger partial charge in [0.1, 0.15) is 23.3 Å². The maximum atomic E-state index is 16.2. The third-order valence-corrected chi connectivity index (χ3v) is 10.0. The molecule has 1 aliphatic heterocycles. The van der Waals surface area contributed by atoms with E-state index in [1.807, 2.05) is 6.92 Å². The Morgan fingerprint density at radius 2 is 1.51 bits per heavy atom. The van der Waals surface area contributed by atoms with Crippen LogP contribution in [-0.4, -0.2) is 51.3 Å². The first kappa shape index (κ1) is 34.4. The number of benzene rings is 2. The van der Waals surface area contributed by atoms with Gasteiger partial charge in [-0.15, -0.1) is 25.9 Å². The second kappa shape index (κ2) is 14.0. The first-order chi connectivity index (χ1) is 25.7. The summed E-state index contributed by atoms with van der Waals surface area (Å²) in [6, 6.07) is 11.2. The number of rotatable bonds is 12. The number of thioether (sulfide) groups is 2. The number of hydrogen-bond acceptors (Lipinski definition) is 14. The third-order valence-electron chi connectivity index (χ3n) is 8.08. The van der Waals surface area contributed by atoms with Crippen LogP contribution >= 0.6 is 23.5 Å². The molecule has 2 aromatic carbocycles. The molecular weight excluding hydrogens is 741 g/mol. The smallest absolute Gasteiger partial charge is 0.237 e. The second-order valence-corrected chi connectivity index (χ2v) is 13.2. The zero-order valence-corrected chi connectivity index (χ0v) is 29.1. The lowest BCUT2D eigenvalue weighted by atomic mass is 9.90. The lowest BCUT2D eigenvalue weighted by Crippen LogP contribution is -2.39. The Morgan fingerprint density at radius 1 is 0.792 bits per heavy atom. The lowest BCUT2D eigenvalue weighted by Gasteiger charge is -2.27. The Hall–Kier alpha value is -5.73. The molecule has 14 nitrogen and oxygen atoms in total. The molecule has 5 aromatic heterocycles. The Balaban J connectivity index is 1.07. The summed E-state index contributed by atoms with van der Waals surface area (Å²) in [7, 11) is 1.76. The summed E-state index contributed by atoms with van der Waals surface area (Å²) in [4.78, 5) is 14.3. The minimum absolute atomic E-state index is 0.00626. The fourth-order valence-corrected chi connectivity index (χ4v) is 7.17. The molecule has 1 aliphatic rings. The van der Waals surface area contributed by atoms with Crippen molar-refractivity contribution >= 4 is 29.4 Å². The molecule has 0 radical (unpaired) electrons. The summed E-state index contributed by atoms with van der Waals surface area (Å²) in [6.45, 7) is 2.40. The minimum atomic E-state index is -2.23. The van der Waals surface area contributed by atoms with Gasteiger partial charge >= 0.3 is 0 Å². The minimum Gasteiger partial charge on any atom is -0.461 e. The molecule has 8 rings (SSSR count). The van der Waals surface area contributed by atoms with E-state index in [0.717, 1.165) is 30.3 Å². The fourth-order valence-electron chi connectivity index (χ4n) is 5.58. The van der Waals surface area contributed by atoms with Gasteiger partial charge in [0.2, 0.25) is 23.3 Å². The van der Waals surface area contributed by atoms with Crippen molar-refractivity contribution in [2.24, 2.45) is 12.0 Å². The lowest BCUT2D eigenvalue weighted by molar-refractivity contribution is 0.135. The van der Waals surface area contributed by atoms with Gasteiger partial charge in [0.05, 0.1) is 29.6 Å². The molecule has 0 aliphatic carbocycles. The summed E-state index contributed by atoms with van der Waals surface area (Å²) in [5.74, 6) is -1.79. The van der Waals surface area contributed by atoms with Gasteiger partial charge in [0.15, 0.2) is 33.5 Å². The zero-order chi connectivity index (χ0) is 36.7. The molecule has 0 fully saturated rings. The number of halogens is 4. The summed E-state index contributed by atoms with van der Waals surface area (Å²) < 4.78 is 81.7. The van der Waals surface area contributed by atoms with Gasteiger partial charge in [-0.25, -0.2) is 22.6 Å². The molecule has 0 saturated heterocycles. The number of nitrogens with zero attached hydrogens (tertiary/aromatic N) is 9. The van der Waals surface area contributed by atoms with E-state index in [0.29, 0.717) is 40.0 Å². The molecule has 1 unspecified atom stereocenters. The van der Waals surface area contributed by atoms with Crippen LogP contribution in [0, 0.1) is 23.3 Å². The van der Waals surface area contributed by atoms with Crippen molar-refractivity contribution < 1.29 is 35.8 Å². The van der Waals surface area contributed by atoms with Gasteiger partial charge < -0.3 is 22.8 Å². The molecule has 270 valence electrons. The van der Waals surface area contributed by atoms with Gasteiger partial charge in [-0.3, -0.25) is 4.57 Å². The Labute approximate surface area is 304 Å². The molecule has 6 heterocycles. The molecule has 0 spiro atoms. The average molecular weight is 765 g/mol. The summed E-state index contributed by atoms with van der Waals surface area (Å²) in [5, 5.41) is 21.5. The van der Waals surface area contributed by atoms with E-state index < -0.39 is 40.1 Å². The van der Waals surface area contributed by atoms with Crippen molar-refractivity contribution in [1.82, 2.24) is 45.1 Å². The molecule has 0 amide bonds. The molecule has 1 N–H and O–H groups in total. The normalized spacial score (nSPS) is 15.6. The topological polar surface area (TPSA) is 160 Å². The maximum absolute atomic E-state index is 16.2. The van der Waals surface area contributed by atoms with E-state index in [4.69, 9.17) is 18.2 Å². The average Bonchev–Trinajstić information content (AvgIpc) is 4.00. The highest BCUT2D eigenvalue weighted by Gasteiger charge is 2.45. The monoisotopic (exact) mass is 764 g/mol. The first-order valence-electron chi connectivity index (χ1n) is 15.7. The van der Waals surface area contributed by atoms with E-state index >= 15 is 13.2 Å². The number of aromatic nitrogens is 8. The van der Waals surface area contributed by atoms with Gasteiger partial charge in [-0.2, -0.15) is 4.98 Å². The summed E-state index contributed by atoms with van der Waals surface area (Å²) in [6.07, 6.45) is 3.04. The van der Waals surface area contributed by atoms with Crippen LogP contribution in [0.25, 0.3) is 34.6 Å². The van der Waals surface area contributed by atoms with E-state index in [1.54, 1.807) is 40.4 Å². The molecule has 1 atom stereocenters. The van der Waals surface area contributed by atoms with Gasteiger partial charge in [0, 0.05) is 24.7 Å². The van der Waals surface area contributed by atoms with Crippen molar-refractivity contribution in [3.05, 3.63) is 107 Å². The van der Waals surface area contributed by atoms with Crippen LogP contribution in [0.15, 0.2) is 95.8 Å². The Kier molecular flexibility index (Phi) is 9.08. The SMILES string of the molecule is CCn1c(SCC2=NC(c3cc(F)ccc3F)(c3cc(F)c(-c4noc(CSc5nnc(-c6ccco6)n5C)n4)cc3F)NO2)nnc1-c1ccco1. The third kappa shape index (κ3) is 6.37. The predicted molar refractivity (Wildman–Crippen MR) is 181 cm³/mol. The van der Waals surface area contributed by atoms with E-state index in [2.05, 4.69) is 41.0 Å². The van der Waals surface area contributed by atoms with Crippen molar-refractivity contribution in [2.45, 2.75) is 35.2 Å². The number of nitrogens with one attached hydrogen (secondary N) is 1. The summed E-state index contributed by atoms with van der Waals surface area (Å²) >= 11 is 2.40. The molecule has 53 heavy (non-hydrogen) atoms. The fraction of sp³-hybridized carbons (Fsp3) is 0.182. The van der Waals surface area contributed by atoms with Gasteiger partial charge in [-0.1, -0.05) is 28.7 Å². The van der Waals surface area contributed by atoms with Gasteiger partial charge in [0.25, 0.3) is 0 Å². The van der Waals surface area contributed by atoms with Crippen LogP contribution in [0.5, 0.6) is 0 Å². The van der Waals surface area contributed by atoms with E-state index in [9.17, 15) is 4.39 Å². The maximum Gasteiger partial charge on any atom is 0.237 e. The number of furan rings is 2. The van der Waals surface area contributed by atoms with E-state index in [-0.39, 0.29) is 34.7 Å². The number of hydrogen-bond donors (Lipinski definition) is 1. The number of hydroxylamine groups is 1. The molecule has 0 bridgehead atoms. The predicted octanol–water partition coefficient (Wildman–Crippen LogP) is 6.77. The molecule has 7 aromatic rings. The molecule has 0 saturated carbocycles. The number of aliphatic imine (C=N–C) groups is 1. The van der Waals surface area contributed by atoms with Crippen molar-refractivity contribution in [1.29, 1.82) is 0 Å². The Morgan fingerprint density at radius 3 is 2.26 bits per heavy atom. The van der Waals surface area contributed by atoms with Crippen molar-refractivity contribution in [3.63, 3.8) is 0 Å². The summed E-state index contributed by atoms with van der Waals surface area (Å²) in [5.41, 5.74) is -0.977. The highest BCUT2D eigenvalue weighted by atomic mass is 32.2. The quantitative estimate of drug-likeness (QED) is 0.103. The van der Waals surface area contributed by atoms with Crippen LogP contribution in [-0.2, 0) is 29.8 Å². The second-order valence-electron chi connectivity index (χ2n) is 11.3. The van der Waals surface area contributed by atoms with Crippen LogP contribution in [0.1, 0.15) is 23.9 Å². The molecular formula is C33H24F4N10O4S2. The largest absolute Gasteiger partial charge is 0.461 e. The van der Waals surface area contributed by atoms with Crippen LogP contribution in [0.4, 0.5) is 17.6 Å². The van der Waals surface area contributed by atoms with Crippen molar-refractivity contribution in [2.75, 3.05) is 5.75 Å². The van der Waals surface area contributed by atoms with Crippen LogP contribution in [0.2, 0.25) is 0 Å². The van der Waals surface area contributed by atoms with Crippen molar-refractivity contribution in [3.8, 4) is 34.6 Å². The first-order valence-corrected chi connectivity index (χ1v) is 17.7. The standard InChI is InChI=1S/C33H24F4N10O4S2/c1-3-47-30(25-7-5-11-49-25)41-43-32(47)53-16-27-39-33(45-51-27,19-12-17(34)8-9-21(19)35)20-14-22(36)18(13-23(20)37)28-38-26(50-44-28)15-52-31-42-40-29(46(31)2)24-6-4-10-48-24/h4-14,45H,3,15-16H2,1-2H3.